The normalized spacial score (nSPS) is 18.4. The average Bonchev–Trinajstić information content (AvgIpc) is 2.91. The minimum atomic E-state index is -1.74. The van der Waals surface area contributed by atoms with Crippen molar-refractivity contribution in [2.75, 3.05) is 52.5 Å². The molecule has 0 aliphatic heterocycles. The summed E-state index contributed by atoms with van der Waals surface area (Å²) in [5.74, 6) is -1.29. The van der Waals surface area contributed by atoms with E-state index in [0.29, 0.717) is 12.8 Å². The van der Waals surface area contributed by atoms with Crippen molar-refractivity contribution in [1.29, 1.82) is 0 Å². The van der Waals surface area contributed by atoms with Crippen molar-refractivity contribution < 1.29 is 60.7 Å². The summed E-state index contributed by atoms with van der Waals surface area (Å²) in [6, 6.07) is 0. The molecule has 0 aromatic rings. The predicted octanol–water partition coefficient (Wildman–Crippen LogP) is -7.31. The van der Waals surface area contributed by atoms with Crippen LogP contribution in [0.15, 0.2) is 12.2 Å². The molecule has 0 aliphatic carbocycles. The molecule has 2 amide bonds. The molecule has 8 atom stereocenters. The number of carbonyl (C=O) groups is 2. The molecule has 0 spiro atoms. The van der Waals surface area contributed by atoms with Gasteiger partial charge in [-0.05, 0) is 25.9 Å². The Morgan fingerprint density at radius 2 is 1.03 bits per heavy atom. The van der Waals surface area contributed by atoms with E-state index in [1.807, 2.05) is 0 Å². The van der Waals surface area contributed by atoms with Crippen LogP contribution in [0.4, 0.5) is 0 Å². The number of nitrogens with two attached hydrogens (primary N) is 1. The van der Waals surface area contributed by atoms with E-state index in [4.69, 9.17) is 15.9 Å². The highest BCUT2D eigenvalue weighted by Gasteiger charge is 2.30. The maximum Gasteiger partial charge on any atom is 0.246 e. The summed E-state index contributed by atoms with van der Waals surface area (Å²) in [5.41, 5.74) is 5.02. The van der Waals surface area contributed by atoms with E-state index in [9.17, 15) is 50.4 Å². The van der Waals surface area contributed by atoms with Crippen LogP contribution in [-0.4, -0.2) is 169 Å². The van der Waals surface area contributed by atoms with Gasteiger partial charge in [0.1, 0.15) is 36.6 Å². The Bertz CT molecular complexity index is 651. The zero-order valence-corrected chi connectivity index (χ0v) is 21.2. The van der Waals surface area contributed by atoms with Gasteiger partial charge in [0.05, 0.1) is 25.4 Å². The lowest BCUT2D eigenvalue weighted by atomic mass is 10.0. The van der Waals surface area contributed by atoms with Crippen LogP contribution in [0.5, 0.6) is 0 Å². The van der Waals surface area contributed by atoms with E-state index in [1.165, 1.54) is 4.90 Å². The Morgan fingerprint density at radius 3 is 1.37 bits per heavy atom. The molecule has 0 aromatic heterocycles. The van der Waals surface area contributed by atoms with Gasteiger partial charge < -0.3 is 72.3 Å². The van der Waals surface area contributed by atoms with Crippen molar-refractivity contribution >= 4 is 11.8 Å². The maximum absolute atomic E-state index is 12.4. The monoisotopic (exact) mass is 556 g/mol. The standard InChI is InChI=1S/C22H44N4O12/c23-17(33)3-4-18(34)26(7-1-5-24-9-13(29)19(35)21(37)15(31)11-27)8-2-6-25-10-14(30)20(36)22(38)16(32)12-28/h3-4,13-16,19-22,24-25,27-32,35-38H,1-2,5-12H2,(H2,23,33)/b4-3-/t13-,14-,15+,16+,19+,20+,21+,22+/m0/s1. The third-order valence-electron chi connectivity index (χ3n) is 5.62. The van der Waals surface area contributed by atoms with Crippen LogP contribution in [-0.2, 0) is 9.59 Å². The molecule has 0 saturated carbocycles. The van der Waals surface area contributed by atoms with Gasteiger partial charge in [0.15, 0.2) is 0 Å². The molecule has 0 aromatic carbocycles. The molecule has 0 heterocycles. The lowest BCUT2D eigenvalue weighted by Crippen LogP contribution is -2.49. The van der Waals surface area contributed by atoms with Crippen LogP contribution in [0.3, 0.4) is 0 Å². The molecule has 0 saturated heterocycles. The highest BCUT2D eigenvalue weighted by Crippen LogP contribution is 2.06. The molecule has 16 nitrogen and oxygen atoms in total. The van der Waals surface area contributed by atoms with E-state index in [2.05, 4.69) is 10.6 Å². The Hall–Kier alpha value is -1.80. The Kier molecular flexibility index (Phi) is 19.2. The van der Waals surface area contributed by atoms with Gasteiger partial charge in [0.2, 0.25) is 11.8 Å². The minimum Gasteiger partial charge on any atom is -0.394 e. The quantitative estimate of drug-likeness (QED) is 0.0435. The fourth-order valence-corrected chi connectivity index (χ4v) is 3.25. The summed E-state index contributed by atoms with van der Waals surface area (Å²) in [4.78, 5) is 24.8. The predicted molar refractivity (Wildman–Crippen MR) is 132 cm³/mol. The van der Waals surface area contributed by atoms with Gasteiger partial charge in [-0.3, -0.25) is 9.59 Å². The van der Waals surface area contributed by atoms with E-state index in [0.717, 1.165) is 12.2 Å². The number of primary amides is 1. The number of nitrogens with one attached hydrogen (secondary N) is 2. The molecule has 0 unspecified atom stereocenters. The van der Waals surface area contributed by atoms with Crippen LogP contribution >= 0.6 is 0 Å². The fourth-order valence-electron chi connectivity index (χ4n) is 3.25. The Balaban J connectivity index is 4.58. The molecule has 224 valence electrons. The Morgan fingerprint density at radius 1 is 0.658 bits per heavy atom. The summed E-state index contributed by atoms with van der Waals surface area (Å²) in [5, 5.41) is 101. The number of amides is 2. The molecule has 0 aliphatic rings. The number of hydrogen-bond acceptors (Lipinski definition) is 14. The largest absolute Gasteiger partial charge is 0.394 e. The lowest BCUT2D eigenvalue weighted by Gasteiger charge is -2.26. The van der Waals surface area contributed by atoms with Gasteiger partial charge in [0, 0.05) is 38.3 Å². The molecular weight excluding hydrogens is 512 g/mol. The fraction of sp³-hybridized carbons (Fsp3) is 0.818. The summed E-state index contributed by atoms with van der Waals surface area (Å²) in [7, 11) is 0. The molecule has 0 bridgehead atoms. The topological polar surface area (TPSA) is 290 Å². The molecule has 14 N–H and O–H groups in total. The number of aliphatic hydroxyl groups excluding tert-OH is 10. The van der Waals surface area contributed by atoms with E-state index in [-0.39, 0.29) is 39.3 Å². The summed E-state index contributed by atoms with van der Waals surface area (Å²) in [6.45, 7) is -0.836. The zero-order valence-electron chi connectivity index (χ0n) is 21.2. The molecule has 16 heteroatoms. The van der Waals surface area contributed by atoms with Crippen LogP contribution < -0.4 is 16.4 Å². The van der Waals surface area contributed by atoms with Crippen molar-refractivity contribution in [3.63, 3.8) is 0 Å². The number of nitrogens with zero attached hydrogens (tertiary/aromatic N) is 1. The molecule has 0 fully saturated rings. The van der Waals surface area contributed by atoms with Crippen molar-refractivity contribution in [1.82, 2.24) is 15.5 Å². The summed E-state index contributed by atoms with van der Waals surface area (Å²) >= 11 is 0. The number of hydrogen-bond donors (Lipinski definition) is 13. The van der Waals surface area contributed by atoms with Crippen LogP contribution in [0, 0.1) is 0 Å². The molecule has 38 heavy (non-hydrogen) atoms. The lowest BCUT2D eigenvalue weighted by molar-refractivity contribution is -0.126. The van der Waals surface area contributed by atoms with E-state index in [1.54, 1.807) is 0 Å². The van der Waals surface area contributed by atoms with Crippen molar-refractivity contribution in [2.45, 2.75) is 61.7 Å². The summed E-state index contributed by atoms with van der Waals surface area (Å²) in [6.07, 6.45) is -10.2. The second-order valence-corrected chi connectivity index (χ2v) is 8.77. The second kappa shape index (κ2) is 20.2. The first kappa shape index (κ1) is 36.2. The van der Waals surface area contributed by atoms with Gasteiger partial charge in [-0.15, -0.1) is 0 Å². The van der Waals surface area contributed by atoms with E-state index >= 15 is 0 Å². The van der Waals surface area contributed by atoms with Gasteiger partial charge in [-0.2, -0.15) is 0 Å². The number of aliphatic hydroxyl groups is 10. The molecular formula is C22H44N4O12. The third kappa shape index (κ3) is 14.4. The van der Waals surface area contributed by atoms with Crippen LogP contribution in [0.2, 0.25) is 0 Å². The second-order valence-electron chi connectivity index (χ2n) is 8.77. The molecule has 0 rings (SSSR count). The SMILES string of the molecule is NC(=O)/C=C\C(=O)N(CCCNC[C@H](O)[C@@H](O)[C@H](O)[C@H](O)CO)CCCNC[C@H](O)[C@@H](O)[C@H](O)[C@H](O)CO. The van der Waals surface area contributed by atoms with Crippen LogP contribution in [0.25, 0.3) is 0 Å². The van der Waals surface area contributed by atoms with Gasteiger partial charge in [0.25, 0.3) is 0 Å². The van der Waals surface area contributed by atoms with E-state index < -0.39 is 73.9 Å². The minimum absolute atomic E-state index is 0.145. The van der Waals surface area contributed by atoms with Gasteiger partial charge in [-0.1, -0.05) is 0 Å². The zero-order chi connectivity index (χ0) is 29.3. The van der Waals surface area contributed by atoms with Gasteiger partial charge >= 0.3 is 0 Å². The molecule has 0 radical (unpaired) electrons. The highest BCUT2D eigenvalue weighted by atomic mass is 16.4. The average molecular weight is 557 g/mol. The number of rotatable bonds is 22. The van der Waals surface area contributed by atoms with Gasteiger partial charge in [-0.25, -0.2) is 0 Å². The van der Waals surface area contributed by atoms with Crippen molar-refractivity contribution in [3.05, 3.63) is 12.2 Å². The third-order valence-corrected chi connectivity index (χ3v) is 5.62. The first-order valence-electron chi connectivity index (χ1n) is 12.2. The van der Waals surface area contributed by atoms with Crippen molar-refractivity contribution in [2.24, 2.45) is 5.73 Å². The maximum atomic E-state index is 12.4. The highest BCUT2D eigenvalue weighted by molar-refractivity contribution is 5.95. The number of carbonyl (C=O) groups excluding carboxylic acids is 2. The smallest absolute Gasteiger partial charge is 0.246 e. The summed E-state index contributed by atoms with van der Waals surface area (Å²) < 4.78 is 0. The first-order chi connectivity index (χ1) is 17.9. The van der Waals surface area contributed by atoms with Crippen molar-refractivity contribution in [3.8, 4) is 0 Å². The first-order valence-corrected chi connectivity index (χ1v) is 12.2. The Labute approximate surface area is 220 Å². The van der Waals surface area contributed by atoms with Crippen LogP contribution in [0.1, 0.15) is 12.8 Å².